The molecule has 2 fully saturated rings. The summed E-state index contributed by atoms with van der Waals surface area (Å²) in [6.07, 6.45) is 0.393. The molecule has 3 rings (SSSR count). The molecule has 0 bridgehead atoms. The first-order chi connectivity index (χ1) is 9.91. The van der Waals surface area contributed by atoms with E-state index in [0.717, 1.165) is 4.47 Å². The Labute approximate surface area is 133 Å². The second-order valence-electron chi connectivity index (χ2n) is 5.09. The maximum Gasteiger partial charge on any atom is 0.322 e. The zero-order valence-electron chi connectivity index (χ0n) is 10.8. The zero-order valence-corrected chi connectivity index (χ0v) is 13.1. The molecule has 1 atom stereocenters. The molecule has 21 heavy (non-hydrogen) atoms. The van der Waals surface area contributed by atoms with Crippen LogP contribution in [-0.4, -0.2) is 41.4 Å². The highest BCUT2D eigenvalue weighted by atomic mass is 79.9. The number of likely N-dealkylation sites (tertiary alicyclic amines) is 1. The minimum atomic E-state index is -1.01. The van der Waals surface area contributed by atoms with Crippen LogP contribution in [0.5, 0.6) is 0 Å². The van der Waals surface area contributed by atoms with Gasteiger partial charge in [0.05, 0.1) is 17.1 Å². The van der Waals surface area contributed by atoms with Crippen LogP contribution >= 0.6 is 27.5 Å². The molecule has 1 spiro atoms. The topological polar surface area (TPSA) is 78.5 Å². The van der Waals surface area contributed by atoms with Crippen molar-refractivity contribution in [3.05, 3.63) is 33.3 Å². The molecule has 0 aliphatic carbocycles. The first-order valence-electron chi connectivity index (χ1n) is 6.29. The minimum absolute atomic E-state index is 0.149. The second kappa shape index (κ2) is 4.99. The highest BCUT2D eigenvalue weighted by molar-refractivity contribution is 9.10. The highest BCUT2D eigenvalue weighted by Crippen LogP contribution is 2.28. The van der Waals surface area contributed by atoms with Gasteiger partial charge in [0.2, 0.25) is 0 Å². The number of benzene rings is 1. The Morgan fingerprint density at radius 1 is 1.38 bits per heavy atom. The number of nitrogens with zero attached hydrogens (tertiary/aromatic N) is 1. The van der Waals surface area contributed by atoms with Crippen molar-refractivity contribution >= 4 is 45.4 Å². The van der Waals surface area contributed by atoms with Crippen molar-refractivity contribution in [2.75, 3.05) is 13.1 Å². The molecule has 1 aromatic carbocycles. The van der Waals surface area contributed by atoms with E-state index in [2.05, 4.69) is 26.6 Å². The largest absolute Gasteiger partial charge is 0.336 e. The maximum absolute atomic E-state index is 12.5. The van der Waals surface area contributed by atoms with Gasteiger partial charge in [-0.3, -0.25) is 14.9 Å². The van der Waals surface area contributed by atoms with Crippen molar-refractivity contribution < 1.29 is 14.4 Å². The lowest BCUT2D eigenvalue weighted by Crippen LogP contribution is -2.49. The van der Waals surface area contributed by atoms with E-state index in [1.165, 1.54) is 4.90 Å². The van der Waals surface area contributed by atoms with Crippen molar-refractivity contribution in [3.8, 4) is 0 Å². The van der Waals surface area contributed by atoms with Crippen LogP contribution in [0.4, 0.5) is 4.79 Å². The van der Waals surface area contributed by atoms with Crippen LogP contribution in [0, 0.1) is 0 Å². The van der Waals surface area contributed by atoms with Crippen molar-refractivity contribution in [1.29, 1.82) is 0 Å². The molecule has 2 N–H and O–H groups in total. The van der Waals surface area contributed by atoms with Crippen LogP contribution in [0.15, 0.2) is 22.7 Å². The minimum Gasteiger partial charge on any atom is -0.336 e. The maximum atomic E-state index is 12.5. The van der Waals surface area contributed by atoms with E-state index in [1.807, 2.05) is 0 Å². The van der Waals surface area contributed by atoms with Crippen molar-refractivity contribution in [2.24, 2.45) is 0 Å². The summed E-state index contributed by atoms with van der Waals surface area (Å²) in [7, 11) is 0. The Morgan fingerprint density at radius 2 is 2.14 bits per heavy atom. The lowest BCUT2D eigenvalue weighted by atomic mass is 9.99. The summed E-state index contributed by atoms with van der Waals surface area (Å²) >= 11 is 9.36. The van der Waals surface area contributed by atoms with Crippen LogP contribution in [0.25, 0.3) is 0 Å². The van der Waals surface area contributed by atoms with Gasteiger partial charge in [-0.25, -0.2) is 4.79 Å². The van der Waals surface area contributed by atoms with Crippen LogP contribution in [-0.2, 0) is 4.79 Å². The standard InChI is InChI=1S/C13H11BrClN3O3/c14-7-1-2-8(9(15)5-7)10(19)18-4-3-13(6-18)11(20)16-12(21)17-13/h1-2,5H,3-4,6H2,(H2,16,17,20,21). The second-order valence-corrected chi connectivity index (χ2v) is 6.41. The Hall–Kier alpha value is -1.60. The summed E-state index contributed by atoms with van der Waals surface area (Å²) in [5.74, 6) is -0.636. The van der Waals surface area contributed by atoms with Gasteiger partial charge < -0.3 is 10.2 Å². The average molecular weight is 373 g/mol. The number of halogens is 2. The SMILES string of the molecule is O=C1NC(=O)C2(CCN(C(=O)c3ccc(Br)cc3Cl)C2)N1. The van der Waals surface area contributed by atoms with Crippen molar-refractivity contribution in [2.45, 2.75) is 12.0 Å². The van der Waals surface area contributed by atoms with E-state index in [-0.39, 0.29) is 18.4 Å². The summed E-state index contributed by atoms with van der Waals surface area (Å²) in [6.45, 7) is 0.536. The number of imide groups is 1. The summed E-state index contributed by atoms with van der Waals surface area (Å²) < 4.78 is 0.782. The zero-order chi connectivity index (χ0) is 15.2. The number of urea groups is 1. The lowest BCUT2D eigenvalue weighted by molar-refractivity contribution is -0.123. The summed E-state index contributed by atoms with van der Waals surface area (Å²) in [5, 5.41) is 5.16. The molecule has 2 aliphatic heterocycles. The molecular formula is C13H11BrClN3O3. The Balaban J connectivity index is 1.82. The van der Waals surface area contributed by atoms with Gasteiger partial charge in [-0.1, -0.05) is 27.5 Å². The van der Waals surface area contributed by atoms with Gasteiger partial charge in [-0.2, -0.15) is 0 Å². The Morgan fingerprint density at radius 3 is 2.76 bits per heavy atom. The number of rotatable bonds is 1. The van der Waals surface area contributed by atoms with Gasteiger partial charge in [-0.05, 0) is 24.6 Å². The number of nitrogens with one attached hydrogen (secondary N) is 2. The number of hydrogen-bond acceptors (Lipinski definition) is 3. The van der Waals surface area contributed by atoms with E-state index < -0.39 is 11.6 Å². The smallest absolute Gasteiger partial charge is 0.322 e. The molecule has 0 radical (unpaired) electrons. The monoisotopic (exact) mass is 371 g/mol. The van der Waals surface area contributed by atoms with Gasteiger partial charge in [0.1, 0.15) is 5.54 Å². The average Bonchev–Trinajstić information content (AvgIpc) is 2.94. The molecule has 2 aliphatic rings. The van der Waals surface area contributed by atoms with E-state index in [0.29, 0.717) is 23.6 Å². The van der Waals surface area contributed by atoms with Crippen molar-refractivity contribution in [1.82, 2.24) is 15.5 Å². The van der Waals surface area contributed by atoms with Gasteiger partial charge in [0.25, 0.3) is 11.8 Å². The lowest BCUT2D eigenvalue weighted by Gasteiger charge is -2.21. The third-order valence-corrected chi connectivity index (χ3v) is 4.54. The Bertz CT molecular complexity index is 666. The quantitative estimate of drug-likeness (QED) is 0.734. The number of carbonyl (C=O) groups is 3. The molecule has 0 saturated carbocycles. The van der Waals surface area contributed by atoms with Crippen LogP contribution in [0.2, 0.25) is 5.02 Å². The first-order valence-corrected chi connectivity index (χ1v) is 7.46. The summed E-state index contributed by atoms with van der Waals surface area (Å²) in [6, 6.07) is 4.49. The number of carbonyl (C=O) groups excluding carboxylic acids is 3. The van der Waals surface area contributed by atoms with Gasteiger partial charge in [0, 0.05) is 11.0 Å². The van der Waals surface area contributed by atoms with Gasteiger partial charge in [-0.15, -0.1) is 0 Å². The third-order valence-electron chi connectivity index (χ3n) is 3.73. The summed E-state index contributed by atoms with van der Waals surface area (Å²) in [4.78, 5) is 37.2. The fraction of sp³-hybridized carbons (Fsp3) is 0.308. The van der Waals surface area contributed by atoms with Gasteiger partial charge >= 0.3 is 6.03 Å². The van der Waals surface area contributed by atoms with E-state index in [1.54, 1.807) is 18.2 Å². The number of hydrogen-bond donors (Lipinski definition) is 2. The molecule has 8 heteroatoms. The normalized spacial score (nSPS) is 24.4. The summed E-state index contributed by atoms with van der Waals surface area (Å²) in [5.41, 5.74) is -0.629. The number of amides is 4. The highest BCUT2D eigenvalue weighted by Gasteiger charge is 2.51. The molecular weight excluding hydrogens is 362 g/mol. The molecule has 4 amide bonds. The fourth-order valence-electron chi connectivity index (χ4n) is 2.63. The molecule has 6 nitrogen and oxygen atoms in total. The molecule has 2 saturated heterocycles. The molecule has 1 unspecified atom stereocenters. The Kier molecular flexibility index (Phi) is 3.41. The van der Waals surface area contributed by atoms with Crippen LogP contribution in [0.3, 0.4) is 0 Å². The van der Waals surface area contributed by atoms with Crippen LogP contribution in [0.1, 0.15) is 16.8 Å². The molecule has 2 heterocycles. The third kappa shape index (κ3) is 2.40. The first kappa shape index (κ1) is 14.3. The van der Waals surface area contributed by atoms with E-state index in [4.69, 9.17) is 11.6 Å². The molecule has 0 aromatic heterocycles. The predicted molar refractivity (Wildman–Crippen MR) is 79.1 cm³/mol. The fourth-order valence-corrected chi connectivity index (χ4v) is 3.39. The van der Waals surface area contributed by atoms with E-state index >= 15 is 0 Å². The predicted octanol–water partition coefficient (Wildman–Crippen LogP) is 1.53. The van der Waals surface area contributed by atoms with E-state index in [9.17, 15) is 14.4 Å². The van der Waals surface area contributed by atoms with Gasteiger partial charge in [0.15, 0.2) is 0 Å². The van der Waals surface area contributed by atoms with Crippen molar-refractivity contribution in [3.63, 3.8) is 0 Å². The molecule has 110 valence electrons. The molecule has 1 aromatic rings. The van der Waals surface area contributed by atoms with Crippen LogP contribution < -0.4 is 10.6 Å².